The van der Waals surface area contributed by atoms with Gasteiger partial charge in [0.2, 0.25) is 5.91 Å². The Morgan fingerprint density at radius 2 is 1.81 bits per heavy atom. The highest BCUT2D eigenvalue weighted by Gasteiger charge is 2.25. The van der Waals surface area contributed by atoms with Gasteiger partial charge in [0.25, 0.3) is 0 Å². The first-order chi connectivity index (χ1) is 12.5. The highest BCUT2D eigenvalue weighted by Crippen LogP contribution is 2.35. The van der Waals surface area contributed by atoms with Gasteiger partial charge in [-0.3, -0.25) is 4.79 Å². The average molecular weight is 412 g/mol. The number of hydrogen-bond acceptors (Lipinski definition) is 5. The number of aryl methyl sites for hydroxylation is 1. The van der Waals surface area contributed by atoms with Gasteiger partial charge in [0.15, 0.2) is 5.75 Å². The maximum atomic E-state index is 12.9. The summed E-state index contributed by atoms with van der Waals surface area (Å²) in [5, 5.41) is 2.84. The van der Waals surface area contributed by atoms with E-state index in [1.807, 2.05) is 20.8 Å². The van der Waals surface area contributed by atoms with E-state index in [9.17, 15) is 13.2 Å². The summed E-state index contributed by atoms with van der Waals surface area (Å²) in [5.41, 5.74) is 1.95. The number of amides is 1. The van der Waals surface area contributed by atoms with E-state index in [0.717, 1.165) is 11.1 Å². The Morgan fingerprint density at radius 1 is 1.15 bits per heavy atom. The van der Waals surface area contributed by atoms with E-state index in [2.05, 4.69) is 5.32 Å². The first kappa shape index (κ1) is 21.1. The van der Waals surface area contributed by atoms with E-state index in [1.54, 1.807) is 12.1 Å². The maximum Gasteiger partial charge on any atom is 0.343 e. The normalized spacial score (nSPS) is 11.4. The summed E-state index contributed by atoms with van der Waals surface area (Å²) in [6, 6.07) is 7.50. The van der Waals surface area contributed by atoms with Crippen molar-refractivity contribution >= 4 is 33.3 Å². The lowest BCUT2D eigenvalue weighted by Crippen LogP contribution is -2.15. The molecule has 0 radical (unpaired) electrons. The van der Waals surface area contributed by atoms with Crippen molar-refractivity contribution in [1.29, 1.82) is 0 Å². The third kappa shape index (κ3) is 4.93. The summed E-state index contributed by atoms with van der Waals surface area (Å²) in [7, 11) is -2.82. The third-order valence-electron chi connectivity index (χ3n) is 3.90. The highest BCUT2D eigenvalue weighted by molar-refractivity contribution is 7.87. The van der Waals surface area contributed by atoms with Gasteiger partial charge in [-0.25, -0.2) is 0 Å². The SMILES string of the molecule is COc1cc(C)c(C(C)C)cc1S(=O)(=O)Oc1ccc(Cl)cc1NC(C)=O. The van der Waals surface area contributed by atoms with Gasteiger partial charge in [-0.2, -0.15) is 8.42 Å². The largest absolute Gasteiger partial charge is 0.495 e. The number of halogens is 1. The second-order valence-electron chi connectivity index (χ2n) is 6.37. The molecule has 0 aromatic heterocycles. The summed E-state index contributed by atoms with van der Waals surface area (Å²) in [6.45, 7) is 7.14. The molecule has 6 nitrogen and oxygen atoms in total. The molecule has 2 aromatic carbocycles. The number of methoxy groups -OCH3 is 1. The van der Waals surface area contributed by atoms with Crippen LogP contribution < -0.4 is 14.2 Å². The molecular formula is C19H22ClNO5S. The molecule has 0 fully saturated rings. The van der Waals surface area contributed by atoms with E-state index >= 15 is 0 Å². The lowest BCUT2D eigenvalue weighted by atomic mass is 9.98. The van der Waals surface area contributed by atoms with Crippen LogP contribution in [-0.4, -0.2) is 21.4 Å². The molecule has 0 aliphatic rings. The maximum absolute atomic E-state index is 12.9. The molecule has 2 rings (SSSR count). The molecule has 2 aromatic rings. The second-order valence-corrected chi connectivity index (χ2v) is 8.32. The van der Waals surface area contributed by atoms with Crippen molar-refractivity contribution in [3.63, 3.8) is 0 Å². The predicted molar refractivity (Wildman–Crippen MR) is 105 cm³/mol. The minimum absolute atomic E-state index is 0.0386. The van der Waals surface area contributed by atoms with E-state index in [0.29, 0.717) is 5.02 Å². The lowest BCUT2D eigenvalue weighted by Gasteiger charge is -2.17. The number of carbonyl (C=O) groups is 1. The van der Waals surface area contributed by atoms with Crippen LogP contribution in [0, 0.1) is 6.92 Å². The fourth-order valence-corrected chi connectivity index (χ4v) is 3.98. The Bertz CT molecular complexity index is 970. The number of hydrogen-bond donors (Lipinski definition) is 1. The van der Waals surface area contributed by atoms with Gasteiger partial charge in [-0.05, 0) is 54.3 Å². The molecule has 146 valence electrons. The van der Waals surface area contributed by atoms with Crippen LogP contribution in [0.2, 0.25) is 5.02 Å². The predicted octanol–water partition coefficient (Wildman–Crippen LogP) is 4.51. The van der Waals surface area contributed by atoms with Gasteiger partial charge in [0, 0.05) is 11.9 Å². The molecule has 0 aliphatic heterocycles. The zero-order chi connectivity index (χ0) is 20.4. The molecule has 0 saturated carbocycles. The summed E-state index contributed by atoms with van der Waals surface area (Å²) < 4.78 is 36.4. The van der Waals surface area contributed by atoms with E-state index < -0.39 is 10.1 Å². The molecule has 1 N–H and O–H groups in total. The minimum Gasteiger partial charge on any atom is -0.495 e. The number of carbonyl (C=O) groups excluding carboxylic acids is 1. The summed E-state index contributed by atoms with van der Waals surface area (Å²) in [6.07, 6.45) is 0. The molecule has 0 bridgehead atoms. The molecule has 0 saturated heterocycles. The Kier molecular flexibility index (Phi) is 6.38. The third-order valence-corrected chi connectivity index (χ3v) is 5.39. The van der Waals surface area contributed by atoms with Gasteiger partial charge in [0.1, 0.15) is 10.6 Å². The van der Waals surface area contributed by atoms with Crippen molar-refractivity contribution in [2.24, 2.45) is 0 Å². The van der Waals surface area contributed by atoms with E-state index in [-0.39, 0.29) is 33.9 Å². The van der Waals surface area contributed by atoms with Crippen LogP contribution in [0.25, 0.3) is 0 Å². The average Bonchev–Trinajstić information content (AvgIpc) is 2.55. The van der Waals surface area contributed by atoms with Gasteiger partial charge < -0.3 is 14.2 Å². The fourth-order valence-electron chi connectivity index (χ4n) is 2.68. The summed E-state index contributed by atoms with van der Waals surface area (Å²) in [4.78, 5) is 11.3. The van der Waals surface area contributed by atoms with Crippen molar-refractivity contribution in [3.05, 3.63) is 46.5 Å². The Hall–Kier alpha value is -2.25. The molecule has 0 spiro atoms. The number of rotatable bonds is 6. The van der Waals surface area contributed by atoms with Gasteiger partial charge in [-0.15, -0.1) is 0 Å². The van der Waals surface area contributed by atoms with Crippen LogP contribution in [0.15, 0.2) is 35.2 Å². The topological polar surface area (TPSA) is 81.7 Å². The van der Waals surface area contributed by atoms with Crippen LogP contribution in [0.5, 0.6) is 11.5 Å². The molecule has 0 heterocycles. The van der Waals surface area contributed by atoms with Gasteiger partial charge >= 0.3 is 10.1 Å². The van der Waals surface area contributed by atoms with Crippen molar-refractivity contribution in [2.45, 2.75) is 38.5 Å². The molecule has 8 heteroatoms. The monoisotopic (exact) mass is 411 g/mol. The Morgan fingerprint density at radius 3 is 2.37 bits per heavy atom. The molecule has 1 amide bonds. The lowest BCUT2D eigenvalue weighted by molar-refractivity contribution is -0.114. The van der Waals surface area contributed by atoms with Crippen LogP contribution in [0.3, 0.4) is 0 Å². The van der Waals surface area contributed by atoms with Crippen LogP contribution in [0.4, 0.5) is 5.69 Å². The fraction of sp³-hybridized carbons (Fsp3) is 0.316. The van der Waals surface area contributed by atoms with Crippen LogP contribution in [0.1, 0.15) is 37.8 Å². The summed E-state index contributed by atoms with van der Waals surface area (Å²) >= 11 is 5.93. The number of nitrogens with one attached hydrogen (secondary N) is 1. The zero-order valence-electron chi connectivity index (χ0n) is 15.8. The second kappa shape index (κ2) is 8.19. The van der Waals surface area contributed by atoms with Crippen LogP contribution in [-0.2, 0) is 14.9 Å². The molecule has 0 atom stereocenters. The summed E-state index contributed by atoms with van der Waals surface area (Å²) in [5.74, 6) is -0.111. The highest BCUT2D eigenvalue weighted by atomic mass is 35.5. The zero-order valence-corrected chi connectivity index (χ0v) is 17.4. The number of benzene rings is 2. The smallest absolute Gasteiger partial charge is 0.343 e. The first-order valence-corrected chi connectivity index (χ1v) is 10.0. The Balaban J connectivity index is 2.55. The first-order valence-electron chi connectivity index (χ1n) is 8.25. The van der Waals surface area contributed by atoms with Crippen molar-refractivity contribution in [3.8, 4) is 11.5 Å². The number of ether oxygens (including phenoxy) is 1. The quantitative estimate of drug-likeness (QED) is 0.707. The molecule has 27 heavy (non-hydrogen) atoms. The number of anilines is 1. The van der Waals surface area contributed by atoms with Crippen molar-refractivity contribution in [1.82, 2.24) is 0 Å². The molecule has 0 unspecified atom stereocenters. The van der Waals surface area contributed by atoms with E-state index in [4.69, 9.17) is 20.5 Å². The van der Waals surface area contributed by atoms with E-state index in [1.165, 1.54) is 32.2 Å². The van der Waals surface area contributed by atoms with Crippen LogP contribution >= 0.6 is 11.6 Å². The van der Waals surface area contributed by atoms with Crippen molar-refractivity contribution in [2.75, 3.05) is 12.4 Å². The molecular weight excluding hydrogens is 390 g/mol. The minimum atomic E-state index is -4.22. The standard InChI is InChI=1S/C19H22ClNO5S/c1-11(2)15-10-19(18(25-5)8-12(15)3)27(23,24)26-17-7-6-14(20)9-16(17)21-13(4)22/h6-11H,1-5H3,(H,21,22). The van der Waals surface area contributed by atoms with Gasteiger partial charge in [0.05, 0.1) is 12.8 Å². The van der Waals surface area contributed by atoms with Gasteiger partial charge in [-0.1, -0.05) is 25.4 Å². The Labute approximate surface area is 164 Å². The molecule has 0 aliphatic carbocycles. The van der Waals surface area contributed by atoms with Crippen molar-refractivity contribution < 1.29 is 22.1 Å².